The van der Waals surface area contributed by atoms with Gasteiger partial charge < -0.3 is 10.1 Å². The summed E-state index contributed by atoms with van der Waals surface area (Å²) in [5.41, 5.74) is 3.57. The number of benzene rings is 3. The van der Waals surface area contributed by atoms with Crippen molar-refractivity contribution in [1.29, 1.82) is 0 Å². The largest absolute Gasteiger partial charge is 0.489 e. The van der Waals surface area contributed by atoms with E-state index in [0.717, 1.165) is 37.5 Å². The van der Waals surface area contributed by atoms with Gasteiger partial charge in [0.25, 0.3) is 0 Å². The standard InChI is InChI=1S/C26H29FN2O.2ClH/c27-24-11-9-22(10-12-24)20-30-26-8-4-7-23(17-26)18-28-25-13-15-29(16-14-25)19-21-5-2-1-3-6-21;;/h1-12,17,25,28H,13-16,18-20H2;2*1H. The average molecular weight is 477 g/mol. The molecule has 4 rings (SSSR count). The van der Waals surface area contributed by atoms with E-state index < -0.39 is 0 Å². The number of hydrogen-bond donors (Lipinski definition) is 1. The molecular weight excluding hydrogens is 446 g/mol. The van der Waals surface area contributed by atoms with Crippen molar-refractivity contribution in [2.45, 2.75) is 38.6 Å². The quantitative estimate of drug-likeness (QED) is 0.431. The van der Waals surface area contributed by atoms with E-state index >= 15 is 0 Å². The monoisotopic (exact) mass is 476 g/mol. The van der Waals surface area contributed by atoms with Gasteiger partial charge in [0.05, 0.1) is 0 Å². The van der Waals surface area contributed by atoms with Crippen LogP contribution < -0.4 is 10.1 Å². The Morgan fingerprint density at radius 1 is 0.812 bits per heavy atom. The second kappa shape index (κ2) is 13.4. The Kier molecular flexibility index (Phi) is 11.0. The molecule has 0 aliphatic carbocycles. The van der Waals surface area contributed by atoms with Crippen LogP contribution in [0.2, 0.25) is 0 Å². The van der Waals surface area contributed by atoms with Gasteiger partial charge in [-0.25, -0.2) is 4.39 Å². The lowest BCUT2D eigenvalue weighted by atomic mass is 10.0. The maximum absolute atomic E-state index is 13.0. The van der Waals surface area contributed by atoms with Crippen molar-refractivity contribution in [1.82, 2.24) is 10.2 Å². The molecule has 3 nitrogen and oxygen atoms in total. The SMILES string of the molecule is Cl.Cl.Fc1ccc(COc2cccc(CNC3CCN(Cc4ccccc4)CC3)c2)cc1. The molecule has 1 aliphatic heterocycles. The lowest BCUT2D eigenvalue weighted by molar-refractivity contribution is 0.190. The van der Waals surface area contributed by atoms with Crippen LogP contribution in [0.15, 0.2) is 78.9 Å². The minimum absolute atomic E-state index is 0. The molecule has 0 atom stereocenters. The van der Waals surface area contributed by atoms with E-state index in [1.807, 2.05) is 12.1 Å². The summed E-state index contributed by atoms with van der Waals surface area (Å²) in [4.78, 5) is 2.54. The van der Waals surface area contributed by atoms with E-state index in [1.165, 1.54) is 36.1 Å². The minimum Gasteiger partial charge on any atom is -0.489 e. The lowest BCUT2D eigenvalue weighted by Crippen LogP contribution is -2.41. The normalized spacial score (nSPS) is 14.3. The molecule has 1 aliphatic rings. The van der Waals surface area contributed by atoms with Crippen LogP contribution in [-0.2, 0) is 19.7 Å². The van der Waals surface area contributed by atoms with Crippen LogP contribution >= 0.6 is 24.8 Å². The molecule has 0 aromatic heterocycles. The third-order valence-electron chi connectivity index (χ3n) is 5.65. The van der Waals surface area contributed by atoms with Crippen LogP contribution in [0.25, 0.3) is 0 Å². The van der Waals surface area contributed by atoms with Gasteiger partial charge in [0.1, 0.15) is 18.2 Å². The number of likely N-dealkylation sites (tertiary alicyclic amines) is 1. The predicted octanol–water partition coefficient (Wildman–Crippen LogP) is 6.00. The fourth-order valence-electron chi connectivity index (χ4n) is 3.89. The number of hydrogen-bond acceptors (Lipinski definition) is 3. The molecule has 0 bridgehead atoms. The molecule has 3 aromatic rings. The molecule has 0 spiro atoms. The fraction of sp³-hybridized carbons (Fsp3) is 0.308. The summed E-state index contributed by atoms with van der Waals surface area (Å²) in [7, 11) is 0. The topological polar surface area (TPSA) is 24.5 Å². The van der Waals surface area contributed by atoms with Crippen molar-refractivity contribution in [3.05, 3.63) is 101 Å². The van der Waals surface area contributed by atoms with Crippen molar-refractivity contribution in [2.75, 3.05) is 13.1 Å². The van der Waals surface area contributed by atoms with Crippen LogP contribution in [0.5, 0.6) is 5.75 Å². The van der Waals surface area contributed by atoms with Crippen LogP contribution in [0.3, 0.4) is 0 Å². The van der Waals surface area contributed by atoms with Gasteiger partial charge in [-0.3, -0.25) is 4.90 Å². The first kappa shape index (κ1) is 26.1. The maximum atomic E-state index is 13.0. The highest BCUT2D eigenvalue weighted by Crippen LogP contribution is 2.17. The number of rotatable bonds is 8. The van der Waals surface area contributed by atoms with Crippen molar-refractivity contribution in [3.63, 3.8) is 0 Å². The zero-order chi connectivity index (χ0) is 20.6. The van der Waals surface area contributed by atoms with Crippen LogP contribution in [0.4, 0.5) is 4.39 Å². The zero-order valence-corrected chi connectivity index (χ0v) is 19.7. The Labute approximate surface area is 202 Å². The summed E-state index contributed by atoms with van der Waals surface area (Å²) in [6.45, 7) is 4.59. The third-order valence-corrected chi connectivity index (χ3v) is 5.65. The van der Waals surface area contributed by atoms with E-state index in [9.17, 15) is 4.39 Å². The van der Waals surface area contributed by atoms with E-state index in [4.69, 9.17) is 4.74 Å². The molecule has 0 radical (unpaired) electrons. The predicted molar refractivity (Wildman–Crippen MR) is 133 cm³/mol. The molecule has 6 heteroatoms. The fourth-order valence-corrected chi connectivity index (χ4v) is 3.89. The number of nitrogens with one attached hydrogen (secondary N) is 1. The number of ether oxygens (including phenoxy) is 1. The molecule has 0 unspecified atom stereocenters. The van der Waals surface area contributed by atoms with Crippen LogP contribution in [0, 0.1) is 5.82 Å². The summed E-state index contributed by atoms with van der Waals surface area (Å²) in [5.74, 6) is 0.619. The van der Waals surface area contributed by atoms with E-state index in [2.05, 4.69) is 52.7 Å². The molecule has 1 fully saturated rings. The molecular formula is C26H31Cl2FN2O. The first-order chi connectivity index (χ1) is 14.7. The van der Waals surface area contributed by atoms with Gasteiger partial charge in [-0.15, -0.1) is 24.8 Å². The van der Waals surface area contributed by atoms with Gasteiger partial charge >= 0.3 is 0 Å². The van der Waals surface area contributed by atoms with E-state index in [1.54, 1.807) is 12.1 Å². The van der Waals surface area contributed by atoms with Crippen LogP contribution in [0.1, 0.15) is 29.5 Å². The molecule has 172 valence electrons. The second-order valence-corrected chi connectivity index (χ2v) is 7.98. The molecule has 0 amide bonds. The van der Waals surface area contributed by atoms with Crippen LogP contribution in [-0.4, -0.2) is 24.0 Å². The van der Waals surface area contributed by atoms with Gasteiger partial charge in [-0.1, -0.05) is 54.6 Å². The molecule has 3 aromatic carbocycles. The average Bonchev–Trinajstić information content (AvgIpc) is 2.79. The molecule has 0 saturated carbocycles. The van der Waals surface area contributed by atoms with Gasteiger partial charge in [0.15, 0.2) is 0 Å². The summed E-state index contributed by atoms with van der Waals surface area (Å²) in [5, 5.41) is 3.71. The minimum atomic E-state index is -0.224. The molecule has 32 heavy (non-hydrogen) atoms. The molecule has 1 N–H and O–H groups in total. The van der Waals surface area contributed by atoms with Crippen molar-refractivity contribution in [3.8, 4) is 5.75 Å². The highest BCUT2D eigenvalue weighted by Gasteiger charge is 2.18. The Hall–Kier alpha value is -2.11. The lowest BCUT2D eigenvalue weighted by Gasteiger charge is -2.32. The van der Waals surface area contributed by atoms with E-state index in [-0.39, 0.29) is 30.6 Å². The highest BCUT2D eigenvalue weighted by molar-refractivity contribution is 5.85. The van der Waals surface area contributed by atoms with Gasteiger partial charge in [0.2, 0.25) is 0 Å². The summed E-state index contributed by atoms with van der Waals surface area (Å²) < 4.78 is 18.9. The summed E-state index contributed by atoms with van der Waals surface area (Å²) >= 11 is 0. The van der Waals surface area contributed by atoms with Crippen molar-refractivity contribution < 1.29 is 9.13 Å². The first-order valence-corrected chi connectivity index (χ1v) is 10.7. The number of halogens is 3. The Morgan fingerprint density at radius 3 is 2.22 bits per heavy atom. The van der Waals surface area contributed by atoms with Crippen molar-refractivity contribution >= 4 is 24.8 Å². The zero-order valence-electron chi connectivity index (χ0n) is 18.1. The highest BCUT2D eigenvalue weighted by atomic mass is 35.5. The van der Waals surface area contributed by atoms with Gasteiger partial charge in [0, 0.05) is 19.1 Å². The third kappa shape index (κ3) is 8.10. The van der Waals surface area contributed by atoms with Gasteiger partial charge in [-0.05, 0) is 66.9 Å². The number of piperidine rings is 1. The second-order valence-electron chi connectivity index (χ2n) is 7.98. The smallest absolute Gasteiger partial charge is 0.123 e. The molecule has 1 saturated heterocycles. The molecule has 1 heterocycles. The summed E-state index contributed by atoms with van der Waals surface area (Å²) in [6, 6.07) is 25.9. The number of nitrogens with zero attached hydrogens (tertiary/aromatic N) is 1. The Bertz CT molecular complexity index is 917. The van der Waals surface area contributed by atoms with Gasteiger partial charge in [-0.2, -0.15) is 0 Å². The summed E-state index contributed by atoms with van der Waals surface area (Å²) in [6.07, 6.45) is 2.35. The Balaban J connectivity index is 0.00000181. The van der Waals surface area contributed by atoms with Crippen molar-refractivity contribution in [2.24, 2.45) is 0 Å². The Morgan fingerprint density at radius 2 is 1.50 bits per heavy atom. The maximum Gasteiger partial charge on any atom is 0.123 e. The van der Waals surface area contributed by atoms with E-state index in [0.29, 0.717) is 12.6 Å². The first-order valence-electron chi connectivity index (χ1n) is 10.7.